The number of carbonyl (C=O) groups is 2. The molecule has 0 radical (unpaired) electrons. The lowest BCUT2D eigenvalue weighted by molar-refractivity contribution is -0.141. The van der Waals surface area contributed by atoms with Gasteiger partial charge < -0.3 is 25.0 Å². The lowest BCUT2D eigenvalue weighted by Crippen LogP contribution is -2.57. The highest BCUT2D eigenvalue weighted by Gasteiger charge is 2.32. The van der Waals surface area contributed by atoms with E-state index in [2.05, 4.69) is 10.6 Å². The Kier molecular flexibility index (Phi) is 8.68. The first-order valence-corrected chi connectivity index (χ1v) is 8.13. The molecule has 0 unspecified atom stereocenters. The van der Waals surface area contributed by atoms with Crippen molar-refractivity contribution in [2.45, 2.75) is 26.0 Å². The van der Waals surface area contributed by atoms with Gasteiger partial charge in [-0.3, -0.25) is 9.59 Å². The first-order chi connectivity index (χ1) is 11.6. The van der Waals surface area contributed by atoms with Crippen molar-refractivity contribution in [3.63, 3.8) is 0 Å². The molecule has 25 heavy (non-hydrogen) atoms. The molecule has 7 nitrogen and oxygen atoms in total. The number of likely N-dealkylation sites (N-methyl/N-ethyl adjacent to an activating group) is 1. The molecule has 0 spiro atoms. The summed E-state index contributed by atoms with van der Waals surface area (Å²) in [4.78, 5) is 26.5. The van der Waals surface area contributed by atoms with Gasteiger partial charge in [-0.05, 0) is 26.0 Å². The van der Waals surface area contributed by atoms with Crippen LogP contribution < -0.4 is 15.4 Å². The van der Waals surface area contributed by atoms with E-state index in [9.17, 15) is 9.59 Å². The van der Waals surface area contributed by atoms with E-state index in [-0.39, 0.29) is 36.9 Å². The zero-order valence-electron chi connectivity index (χ0n) is 14.8. The Labute approximate surface area is 154 Å². The van der Waals surface area contributed by atoms with Crippen molar-refractivity contribution < 1.29 is 19.1 Å². The van der Waals surface area contributed by atoms with Gasteiger partial charge in [0.25, 0.3) is 0 Å². The van der Waals surface area contributed by atoms with Crippen molar-refractivity contribution in [3.8, 4) is 5.75 Å². The highest BCUT2D eigenvalue weighted by atomic mass is 35.5. The summed E-state index contributed by atoms with van der Waals surface area (Å²) in [6, 6.07) is 6.74. The fraction of sp³-hybridized carbons (Fsp3) is 0.529. The first-order valence-electron chi connectivity index (χ1n) is 8.13. The van der Waals surface area contributed by atoms with Crippen LogP contribution in [-0.2, 0) is 14.3 Å². The van der Waals surface area contributed by atoms with Crippen LogP contribution in [0.25, 0.3) is 0 Å². The number of methoxy groups -OCH3 is 1. The second-order valence-electron chi connectivity index (χ2n) is 5.61. The van der Waals surface area contributed by atoms with Gasteiger partial charge in [0, 0.05) is 13.1 Å². The zero-order valence-corrected chi connectivity index (χ0v) is 15.6. The summed E-state index contributed by atoms with van der Waals surface area (Å²) in [6.45, 7) is 5.36. The van der Waals surface area contributed by atoms with Gasteiger partial charge in [-0.2, -0.15) is 0 Å². The summed E-state index contributed by atoms with van der Waals surface area (Å²) in [6.07, 6.45) is -0.211. The third-order valence-electron chi connectivity index (χ3n) is 3.99. The van der Waals surface area contributed by atoms with E-state index in [1.54, 1.807) is 19.2 Å². The van der Waals surface area contributed by atoms with Crippen molar-refractivity contribution in [1.29, 1.82) is 0 Å². The third-order valence-corrected chi connectivity index (χ3v) is 3.99. The highest BCUT2D eigenvalue weighted by molar-refractivity contribution is 5.96. The summed E-state index contributed by atoms with van der Waals surface area (Å²) in [5, 5.41) is 5.94. The molecule has 0 aliphatic carbocycles. The molecule has 1 aromatic carbocycles. The topological polar surface area (TPSA) is 79.9 Å². The molecule has 8 heteroatoms. The van der Waals surface area contributed by atoms with Gasteiger partial charge in [0.05, 0.1) is 32.1 Å². The van der Waals surface area contributed by atoms with E-state index in [0.717, 1.165) is 0 Å². The minimum absolute atomic E-state index is 0. The summed E-state index contributed by atoms with van der Waals surface area (Å²) >= 11 is 0. The average Bonchev–Trinajstić information content (AvgIpc) is 2.60. The largest absolute Gasteiger partial charge is 0.495 e. The SMILES string of the molecule is CCN(CC(=O)Nc1ccccc1OC)C(=O)[C@H]1NCCO[C@@H]1C.Cl. The number of hydrogen-bond donors (Lipinski definition) is 2. The second-order valence-corrected chi connectivity index (χ2v) is 5.61. The van der Waals surface area contributed by atoms with Gasteiger partial charge in [0.15, 0.2) is 0 Å². The minimum Gasteiger partial charge on any atom is -0.495 e. The summed E-state index contributed by atoms with van der Waals surface area (Å²) in [7, 11) is 1.54. The van der Waals surface area contributed by atoms with Gasteiger partial charge in [0.1, 0.15) is 11.8 Å². The van der Waals surface area contributed by atoms with Crippen molar-refractivity contribution in [2.24, 2.45) is 0 Å². The summed E-state index contributed by atoms with van der Waals surface area (Å²) < 4.78 is 10.7. The standard InChI is InChI=1S/C17H25N3O4.ClH/c1-4-20(17(22)16-12(2)24-10-9-18-16)11-15(21)19-13-7-5-6-8-14(13)23-3;/h5-8,12,16,18H,4,9-11H2,1-3H3,(H,19,21);1H/t12-,16+;/m1./s1. The highest BCUT2D eigenvalue weighted by Crippen LogP contribution is 2.22. The maximum Gasteiger partial charge on any atom is 0.244 e. The smallest absolute Gasteiger partial charge is 0.244 e. The molecule has 1 saturated heterocycles. The number of halogens is 1. The Bertz CT molecular complexity index is 585. The third kappa shape index (κ3) is 5.59. The van der Waals surface area contributed by atoms with Crippen LogP contribution in [0, 0.1) is 0 Å². The van der Waals surface area contributed by atoms with Crippen LogP contribution in [0.15, 0.2) is 24.3 Å². The molecular formula is C17H26ClN3O4. The first kappa shape index (κ1) is 21.2. The predicted molar refractivity (Wildman–Crippen MR) is 98.3 cm³/mol. The summed E-state index contributed by atoms with van der Waals surface area (Å²) in [5.41, 5.74) is 0.584. The minimum atomic E-state index is -0.419. The van der Waals surface area contributed by atoms with Gasteiger partial charge in [0.2, 0.25) is 11.8 Å². The molecule has 2 N–H and O–H groups in total. The number of amides is 2. The monoisotopic (exact) mass is 371 g/mol. The maximum absolute atomic E-state index is 12.6. The maximum atomic E-state index is 12.6. The number of nitrogens with one attached hydrogen (secondary N) is 2. The number of morpholine rings is 1. The molecule has 0 aromatic heterocycles. The fourth-order valence-electron chi connectivity index (χ4n) is 2.66. The Balaban J connectivity index is 0.00000312. The van der Waals surface area contributed by atoms with Gasteiger partial charge in [-0.1, -0.05) is 12.1 Å². The van der Waals surface area contributed by atoms with E-state index in [0.29, 0.717) is 31.1 Å². The predicted octanol–water partition coefficient (Wildman–Crippen LogP) is 1.28. The van der Waals surface area contributed by atoms with Crippen LogP contribution in [0.5, 0.6) is 5.75 Å². The molecule has 2 amide bonds. The van der Waals surface area contributed by atoms with Crippen molar-refractivity contribution in [2.75, 3.05) is 38.7 Å². The Hall–Kier alpha value is -1.83. The van der Waals surface area contributed by atoms with Crippen LogP contribution in [0.2, 0.25) is 0 Å². The van der Waals surface area contributed by atoms with Gasteiger partial charge >= 0.3 is 0 Å². The van der Waals surface area contributed by atoms with Crippen LogP contribution in [0.3, 0.4) is 0 Å². The average molecular weight is 372 g/mol. The Morgan fingerprint density at radius 3 is 2.76 bits per heavy atom. The lowest BCUT2D eigenvalue weighted by atomic mass is 10.1. The number of benzene rings is 1. The number of carbonyl (C=O) groups excluding carboxylic acids is 2. The normalized spacial score (nSPS) is 19.5. The summed E-state index contributed by atoms with van der Waals surface area (Å²) in [5.74, 6) is 0.190. The number of anilines is 1. The fourth-order valence-corrected chi connectivity index (χ4v) is 2.66. The van der Waals surface area contributed by atoms with E-state index in [4.69, 9.17) is 9.47 Å². The molecule has 140 valence electrons. The number of nitrogens with zero attached hydrogens (tertiary/aromatic N) is 1. The van der Waals surface area contributed by atoms with Crippen molar-refractivity contribution in [3.05, 3.63) is 24.3 Å². The molecule has 0 saturated carbocycles. The molecule has 1 aromatic rings. The number of ether oxygens (including phenoxy) is 2. The van der Waals surface area contributed by atoms with Crippen molar-refractivity contribution >= 4 is 29.9 Å². The lowest BCUT2D eigenvalue weighted by Gasteiger charge is -2.33. The number of hydrogen-bond acceptors (Lipinski definition) is 5. The van der Waals surface area contributed by atoms with E-state index in [1.807, 2.05) is 26.0 Å². The number of rotatable bonds is 6. The van der Waals surface area contributed by atoms with E-state index < -0.39 is 6.04 Å². The molecule has 2 rings (SSSR count). The van der Waals surface area contributed by atoms with Crippen LogP contribution in [-0.4, -0.2) is 62.2 Å². The quantitative estimate of drug-likeness (QED) is 0.787. The van der Waals surface area contributed by atoms with Crippen LogP contribution in [0.4, 0.5) is 5.69 Å². The van der Waals surface area contributed by atoms with Gasteiger partial charge in [-0.25, -0.2) is 0 Å². The van der Waals surface area contributed by atoms with E-state index in [1.165, 1.54) is 4.90 Å². The molecule has 2 atom stereocenters. The molecule has 0 bridgehead atoms. The Morgan fingerprint density at radius 1 is 1.40 bits per heavy atom. The second kappa shape index (κ2) is 10.2. The molecule has 1 heterocycles. The van der Waals surface area contributed by atoms with Crippen LogP contribution in [0.1, 0.15) is 13.8 Å². The van der Waals surface area contributed by atoms with Gasteiger partial charge in [-0.15, -0.1) is 12.4 Å². The Morgan fingerprint density at radius 2 is 2.12 bits per heavy atom. The van der Waals surface area contributed by atoms with E-state index >= 15 is 0 Å². The zero-order chi connectivity index (χ0) is 17.5. The van der Waals surface area contributed by atoms with Crippen LogP contribution >= 0.6 is 12.4 Å². The number of para-hydroxylation sites is 2. The molecular weight excluding hydrogens is 346 g/mol. The molecule has 1 aliphatic heterocycles. The molecule has 1 fully saturated rings. The van der Waals surface area contributed by atoms with Crippen molar-refractivity contribution in [1.82, 2.24) is 10.2 Å². The molecule has 1 aliphatic rings.